The number of nitrogens with one attached hydrogen (secondary N) is 1. The van der Waals surface area contributed by atoms with Gasteiger partial charge in [-0.1, -0.05) is 0 Å². The standard InChI is InChI=1S/C12H12F3N3S/c1-7-10(19-8(2)18-7)6-17-11-5-9(3-4-16-11)12(13,14)15/h3-5H,6H2,1-2H3,(H,16,17). The van der Waals surface area contributed by atoms with Crippen LogP contribution in [0.5, 0.6) is 0 Å². The van der Waals surface area contributed by atoms with Crippen LogP contribution in [0, 0.1) is 13.8 Å². The molecule has 2 aromatic heterocycles. The fourth-order valence-electron chi connectivity index (χ4n) is 1.61. The first-order chi connectivity index (χ1) is 8.86. The molecule has 0 radical (unpaired) electrons. The van der Waals surface area contributed by atoms with Gasteiger partial charge in [0.15, 0.2) is 0 Å². The van der Waals surface area contributed by atoms with Crippen LogP contribution in [0.15, 0.2) is 18.3 Å². The van der Waals surface area contributed by atoms with E-state index in [2.05, 4.69) is 15.3 Å². The fourth-order valence-corrected chi connectivity index (χ4v) is 2.49. The number of alkyl halides is 3. The lowest BCUT2D eigenvalue weighted by atomic mass is 10.2. The molecular weight excluding hydrogens is 275 g/mol. The number of nitrogens with zero attached hydrogens (tertiary/aromatic N) is 2. The minimum atomic E-state index is -4.35. The monoisotopic (exact) mass is 287 g/mol. The second-order valence-corrected chi connectivity index (χ2v) is 5.31. The number of thiazole rings is 1. The third-order valence-electron chi connectivity index (χ3n) is 2.52. The smallest absolute Gasteiger partial charge is 0.365 e. The van der Waals surface area contributed by atoms with Crippen molar-refractivity contribution in [3.8, 4) is 0 Å². The zero-order valence-corrected chi connectivity index (χ0v) is 11.2. The van der Waals surface area contributed by atoms with Crippen molar-refractivity contribution < 1.29 is 13.2 Å². The molecule has 102 valence electrons. The van der Waals surface area contributed by atoms with Gasteiger partial charge in [-0.05, 0) is 26.0 Å². The highest BCUT2D eigenvalue weighted by Crippen LogP contribution is 2.30. The third-order valence-corrected chi connectivity index (χ3v) is 3.59. The summed E-state index contributed by atoms with van der Waals surface area (Å²) in [5.74, 6) is 0.209. The molecule has 0 spiro atoms. The quantitative estimate of drug-likeness (QED) is 0.933. The van der Waals surface area contributed by atoms with E-state index in [1.54, 1.807) is 0 Å². The van der Waals surface area contributed by atoms with E-state index >= 15 is 0 Å². The highest BCUT2D eigenvalue weighted by Gasteiger charge is 2.30. The summed E-state index contributed by atoms with van der Waals surface area (Å²) in [6.45, 7) is 4.19. The Labute approximate surface area is 112 Å². The molecule has 0 saturated carbocycles. The second-order valence-electron chi connectivity index (χ2n) is 4.02. The van der Waals surface area contributed by atoms with E-state index in [4.69, 9.17) is 0 Å². The molecule has 3 nitrogen and oxygen atoms in total. The molecule has 0 aliphatic rings. The predicted octanol–water partition coefficient (Wildman–Crippen LogP) is 3.79. The zero-order valence-electron chi connectivity index (χ0n) is 10.4. The van der Waals surface area contributed by atoms with E-state index in [0.717, 1.165) is 33.9 Å². The number of pyridine rings is 1. The summed E-state index contributed by atoms with van der Waals surface area (Å²) in [7, 11) is 0. The molecule has 0 unspecified atom stereocenters. The SMILES string of the molecule is Cc1nc(C)c(CNc2cc(C(F)(F)F)ccn2)s1. The molecule has 2 rings (SSSR count). The van der Waals surface area contributed by atoms with Crippen molar-refractivity contribution in [2.24, 2.45) is 0 Å². The maximum Gasteiger partial charge on any atom is 0.416 e. The van der Waals surface area contributed by atoms with Crippen LogP contribution >= 0.6 is 11.3 Å². The van der Waals surface area contributed by atoms with Crippen molar-refractivity contribution in [2.45, 2.75) is 26.6 Å². The molecule has 0 aliphatic heterocycles. The van der Waals surface area contributed by atoms with Crippen LogP contribution in [0.25, 0.3) is 0 Å². The summed E-state index contributed by atoms with van der Waals surface area (Å²) in [4.78, 5) is 9.13. The van der Waals surface area contributed by atoms with Gasteiger partial charge in [-0.15, -0.1) is 11.3 Å². The number of rotatable bonds is 3. The lowest BCUT2D eigenvalue weighted by molar-refractivity contribution is -0.137. The van der Waals surface area contributed by atoms with Gasteiger partial charge in [-0.2, -0.15) is 13.2 Å². The van der Waals surface area contributed by atoms with Gasteiger partial charge in [0.25, 0.3) is 0 Å². The number of hydrogen-bond donors (Lipinski definition) is 1. The van der Waals surface area contributed by atoms with Crippen LogP contribution in [-0.4, -0.2) is 9.97 Å². The molecule has 1 N–H and O–H groups in total. The first-order valence-corrected chi connectivity index (χ1v) is 6.38. The molecule has 2 heterocycles. The van der Waals surface area contributed by atoms with Crippen molar-refractivity contribution in [1.29, 1.82) is 0 Å². The fraction of sp³-hybridized carbons (Fsp3) is 0.333. The Balaban J connectivity index is 2.10. The normalized spacial score (nSPS) is 11.6. The molecule has 0 amide bonds. The number of hydrogen-bond acceptors (Lipinski definition) is 4. The molecule has 0 bridgehead atoms. The van der Waals surface area contributed by atoms with Crippen LogP contribution in [0.4, 0.5) is 19.0 Å². The van der Waals surface area contributed by atoms with Gasteiger partial charge >= 0.3 is 6.18 Å². The minimum absolute atomic E-state index is 0.209. The van der Waals surface area contributed by atoms with Crippen LogP contribution in [0.3, 0.4) is 0 Å². The Morgan fingerprint density at radius 1 is 1.32 bits per heavy atom. The van der Waals surface area contributed by atoms with Crippen molar-refractivity contribution in [2.75, 3.05) is 5.32 Å². The number of halogens is 3. The maximum absolute atomic E-state index is 12.5. The Morgan fingerprint density at radius 2 is 2.05 bits per heavy atom. The van der Waals surface area contributed by atoms with E-state index in [1.165, 1.54) is 11.3 Å². The topological polar surface area (TPSA) is 37.8 Å². The van der Waals surface area contributed by atoms with Gasteiger partial charge < -0.3 is 5.32 Å². The van der Waals surface area contributed by atoms with Crippen LogP contribution in [-0.2, 0) is 12.7 Å². The molecule has 2 aromatic rings. The second kappa shape index (κ2) is 5.16. The molecule has 7 heteroatoms. The number of aryl methyl sites for hydroxylation is 2. The molecular formula is C12H12F3N3S. The van der Waals surface area contributed by atoms with Crippen LogP contribution in [0.1, 0.15) is 21.1 Å². The first kappa shape index (κ1) is 13.8. The Bertz CT molecular complexity index is 578. The molecule has 0 aliphatic carbocycles. The average molecular weight is 287 g/mol. The van der Waals surface area contributed by atoms with E-state index in [1.807, 2.05) is 13.8 Å². The van der Waals surface area contributed by atoms with Gasteiger partial charge in [-0.3, -0.25) is 0 Å². The molecule has 19 heavy (non-hydrogen) atoms. The van der Waals surface area contributed by atoms with E-state index in [-0.39, 0.29) is 5.82 Å². The summed E-state index contributed by atoms with van der Waals surface area (Å²) in [6, 6.07) is 1.95. The Hall–Kier alpha value is -1.63. The lowest BCUT2D eigenvalue weighted by Crippen LogP contribution is -2.07. The Morgan fingerprint density at radius 3 is 2.63 bits per heavy atom. The maximum atomic E-state index is 12.5. The van der Waals surface area contributed by atoms with Crippen LogP contribution < -0.4 is 5.32 Å². The zero-order chi connectivity index (χ0) is 14.0. The van der Waals surface area contributed by atoms with E-state index < -0.39 is 11.7 Å². The van der Waals surface area contributed by atoms with Crippen LogP contribution in [0.2, 0.25) is 0 Å². The third kappa shape index (κ3) is 3.44. The van der Waals surface area contributed by atoms with Gasteiger partial charge in [0.05, 0.1) is 22.8 Å². The largest absolute Gasteiger partial charge is 0.416 e. The van der Waals surface area contributed by atoms with Crippen molar-refractivity contribution in [3.05, 3.63) is 39.5 Å². The van der Waals surface area contributed by atoms with E-state index in [0.29, 0.717) is 6.54 Å². The molecule has 0 fully saturated rings. The Kier molecular flexibility index (Phi) is 3.75. The lowest BCUT2D eigenvalue weighted by Gasteiger charge is -2.09. The average Bonchev–Trinajstić information content (AvgIpc) is 2.64. The van der Waals surface area contributed by atoms with Crippen molar-refractivity contribution in [1.82, 2.24) is 9.97 Å². The number of anilines is 1. The molecule has 0 saturated heterocycles. The van der Waals surface area contributed by atoms with Gasteiger partial charge in [0.1, 0.15) is 5.82 Å². The predicted molar refractivity (Wildman–Crippen MR) is 68.2 cm³/mol. The summed E-state index contributed by atoms with van der Waals surface area (Å²) < 4.78 is 37.6. The van der Waals surface area contributed by atoms with Gasteiger partial charge in [-0.25, -0.2) is 9.97 Å². The summed E-state index contributed by atoms with van der Waals surface area (Å²) in [5.41, 5.74) is 0.184. The summed E-state index contributed by atoms with van der Waals surface area (Å²) >= 11 is 1.52. The van der Waals surface area contributed by atoms with Gasteiger partial charge in [0, 0.05) is 11.1 Å². The number of aromatic nitrogens is 2. The summed E-state index contributed by atoms with van der Waals surface area (Å²) in [5, 5.41) is 3.82. The minimum Gasteiger partial charge on any atom is -0.365 e. The highest BCUT2D eigenvalue weighted by atomic mass is 32.1. The van der Waals surface area contributed by atoms with Gasteiger partial charge in [0.2, 0.25) is 0 Å². The highest BCUT2D eigenvalue weighted by molar-refractivity contribution is 7.11. The van der Waals surface area contributed by atoms with E-state index in [9.17, 15) is 13.2 Å². The van der Waals surface area contributed by atoms with Crippen molar-refractivity contribution in [3.63, 3.8) is 0 Å². The van der Waals surface area contributed by atoms with Crippen molar-refractivity contribution >= 4 is 17.2 Å². The molecule has 0 atom stereocenters. The first-order valence-electron chi connectivity index (χ1n) is 5.56. The summed E-state index contributed by atoms with van der Waals surface area (Å²) in [6.07, 6.45) is -3.20. The molecule has 0 aromatic carbocycles.